The third kappa shape index (κ3) is 1.47. The molecule has 4 nitrogen and oxygen atoms in total. The van der Waals surface area contributed by atoms with Crippen LogP contribution in [0.2, 0.25) is 0 Å². The van der Waals surface area contributed by atoms with Crippen molar-refractivity contribution in [1.82, 2.24) is 9.71 Å². The van der Waals surface area contributed by atoms with E-state index in [1.807, 2.05) is 12.1 Å². The molecule has 0 N–H and O–H groups in total. The van der Waals surface area contributed by atoms with Crippen LogP contribution in [0.4, 0.5) is 0 Å². The van der Waals surface area contributed by atoms with Crippen LogP contribution < -0.4 is 4.84 Å². The van der Waals surface area contributed by atoms with Gasteiger partial charge in [-0.15, -0.1) is 0 Å². The Morgan fingerprint density at radius 2 is 2.58 bits per heavy atom. The van der Waals surface area contributed by atoms with Gasteiger partial charge in [-0.3, -0.25) is 0 Å². The van der Waals surface area contributed by atoms with E-state index in [0.29, 0.717) is 6.61 Å². The first-order chi connectivity index (χ1) is 5.95. The Hall–Kier alpha value is -1.71. The SMILES string of the molecule is c1coc(COn2ccnc2)c1. The molecule has 0 aliphatic heterocycles. The van der Waals surface area contributed by atoms with E-state index in [-0.39, 0.29) is 0 Å². The number of hydrogen-bond donors (Lipinski definition) is 0. The van der Waals surface area contributed by atoms with Crippen LogP contribution in [0.3, 0.4) is 0 Å². The smallest absolute Gasteiger partial charge is 0.172 e. The summed E-state index contributed by atoms with van der Waals surface area (Å²) in [6, 6.07) is 3.68. The minimum absolute atomic E-state index is 0.420. The molecule has 0 fully saturated rings. The summed E-state index contributed by atoms with van der Waals surface area (Å²) >= 11 is 0. The molecule has 2 aromatic rings. The van der Waals surface area contributed by atoms with Crippen molar-refractivity contribution >= 4 is 0 Å². The quantitative estimate of drug-likeness (QED) is 0.682. The maximum atomic E-state index is 5.25. The number of furan rings is 1. The Labute approximate surface area is 69.4 Å². The van der Waals surface area contributed by atoms with Gasteiger partial charge in [0.2, 0.25) is 0 Å². The molecule has 0 saturated carbocycles. The van der Waals surface area contributed by atoms with Crippen LogP contribution in [0.25, 0.3) is 0 Å². The van der Waals surface area contributed by atoms with Crippen LogP contribution >= 0.6 is 0 Å². The largest absolute Gasteiger partial charge is 0.466 e. The van der Waals surface area contributed by atoms with Gasteiger partial charge < -0.3 is 9.25 Å². The van der Waals surface area contributed by atoms with Crippen molar-refractivity contribution in [3.63, 3.8) is 0 Å². The molecule has 0 spiro atoms. The summed E-state index contributed by atoms with van der Waals surface area (Å²) in [6.45, 7) is 0.420. The molecule has 0 atom stereocenters. The van der Waals surface area contributed by atoms with Crippen LogP contribution in [-0.4, -0.2) is 9.71 Å². The van der Waals surface area contributed by atoms with Gasteiger partial charge in [0.1, 0.15) is 12.1 Å². The maximum absolute atomic E-state index is 5.25. The van der Waals surface area contributed by atoms with E-state index >= 15 is 0 Å². The van der Waals surface area contributed by atoms with Crippen LogP contribution in [0, 0.1) is 0 Å². The molecular weight excluding hydrogens is 156 g/mol. The highest BCUT2D eigenvalue weighted by Gasteiger charge is 1.95. The zero-order chi connectivity index (χ0) is 8.23. The first kappa shape index (κ1) is 6.97. The van der Waals surface area contributed by atoms with Gasteiger partial charge in [-0.25, -0.2) is 4.98 Å². The molecule has 0 aliphatic rings. The second-order valence-corrected chi connectivity index (χ2v) is 2.28. The van der Waals surface area contributed by atoms with Crippen molar-refractivity contribution in [3.8, 4) is 0 Å². The standard InChI is InChI=1S/C8H8N2O2/c1-2-8(11-5-1)6-12-10-4-3-9-7-10/h1-5,7H,6H2. The third-order valence-electron chi connectivity index (χ3n) is 1.42. The number of nitrogens with zero attached hydrogens (tertiary/aromatic N) is 2. The highest BCUT2D eigenvalue weighted by molar-refractivity contribution is 4.96. The van der Waals surface area contributed by atoms with Crippen LogP contribution in [0.1, 0.15) is 5.76 Å². The minimum Gasteiger partial charge on any atom is -0.466 e. The molecule has 2 aromatic heterocycles. The lowest BCUT2D eigenvalue weighted by Gasteiger charge is -2.01. The number of aromatic nitrogens is 2. The summed E-state index contributed by atoms with van der Waals surface area (Å²) in [5.74, 6) is 0.795. The van der Waals surface area contributed by atoms with Crippen molar-refractivity contribution in [2.45, 2.75) is 6.61 Å². The Kier molecular flexibility index (Phi) is 1.82. The first-order valence-electron chi connectivity index (χ1n) is 3.59. The van der Waals surface area contributed by atoms with Gasteiger partial charge in [-0.1, -0.05) is 0 Å². The topological polar surface area (TPSA) is 40.2 Å². The Bertz CT molecular complexity index is 278. The lowest BCUT2D eigenvalue weighted by atomic mass is 10.5. The van der Waals surface area contributed by atoms with Gasteiger partial charge in [0.15, 0.2) is 6.61 Å². The predicted molar refractivity (Wildman–Crippen MR) is 41.2 cm³/mol. The average molecular weight is 164 g/mol. The van der Waals surface area contributed by atoms with Crippen molar-refractivity contribution in [3.05, 3.63) is 42.9 Å². The van der Waals surface area contributed by atoms with Gasteiger partial charge >= 0.3 is 0 Å². The van der Waals surface area contributed by atoms with Gasteiger partial charge in [0.05, 0.1) is 12.5 Å². The van der Waals surface area contributed by atoms with E-state index in [1.54, 1.807) is 25.0 Å². The highest BCUT2D eigenvalue weighted by atomic mass is 16.7. The summed E-state index contributed by atoms with van der Waals surface area (Å²) in [4.78, 5) is 9.08. The molecule has 0 unspecified atom stereocenters. The summed E-state index contributed by atoms with van der Waals surface area (Å²) in [5.41, 5.74) is 0. The molecule has 0 aromatic carbocycles. The number of imidazole rings is 1. The fraction of sp³-hybridized carbons (Fsp3) is 0.125. The van der Waals surface area contributed by atoms with E-state index in [0.717, 1.165) is 5.76 Å². The Balaban J connectivity index is 1.91. The van der Waals surface area contributed by atoms with E-state index < -0.39 is 0 Å². The Morgan fingerprint density at radius 3 is 3.25 bits per heavy atom. The van der Waals surface area contributed by atoms with E-state index in [9.17, 15) is 0 Å². The van der Waals surface area contributed by atoms with Gasteiger partial charge in [0.25, 0.3) is 0 Å². The Morgan fingerprint density at radius 1 is 1.58 bits per heavy atom. The van der Waals surface area contributed by atoms with E-state index in [1.165, 1.54) is 4.73 Å². The van der Waals surface area contributed by atoms with Gasteiger partial charge in [0, 0.05) is 6.20 Å². The fourth-order valence-electron chi connectivity index (χ4n) is 0.856. The summed E-state index contributed by atoms with van der Waals surface area (Å²) < 4.78 is 6.60. The third-order valence-corrected chi connectivity index (χ3v) is 1.42. The van der Waals surface area contributed by atoms with Crippen LogP contribution in [0.15, 0.2) is 41.5 Å². The molecule has 0 radical (unpaired) electrons. The lowest BCUT2D eigenvalue weighted by molar-refractivity contribution is 0.0845. The van der Waals surface area contributed by atoms with Crippen molar-refractivity contribution in [2.75, 3.05) is 0 Å². The van der Waals surface area contributed by atoms with Gasteiger partial charge in [-0.05, 0) is 12.1 Å². The maximum Gasteiger partial charge on any atom is 0.172 e. The summed E-state index contributed by atoms with van der Waals surface area (Å²) in [6.07, 6.45) is 6.58. The summed E-state index contributed by atoms with van der Waals surface area (Å²) in [5, 5.41) is 0. The highest BCUT2D eigenvalue weighted by Crippen LogP contribution is 1.99. The molecule has 0 saturated heterocycles. The second-order valence-electron chi connectivity index (χ2n) is 2.28. The van der Waals surface area contributed by atoms with Gasteiger partial charge in [-0.2, -0.15) is 4.73 Å². The van der Waals surface area contributed by atoms with Crippen molar-refractivity contribution in [2.24, 2.45) is 0 Å². The predicted octanol–water partition coefficient (Wildman–Crippen LogP) is 1.10. The zero-order valence-electron chi connectivity index (χ0n) is 6.38. The molecule has 0 bridgehead atoms. The summed E-state index contributed by atoms with van der Waals surface area (Å²) in [7, 11) is 0. The molecular formula is C8H8N2O2. The molecule has 0 aliphatic carbocycles. The monoisotopic (exact) mass is 164 g/mol. The second kappa shape index (κ2) is 3.13. The normalized spacial score (nSPS) is 10.0. The van der Waals surface area contributed by atoms with E-state index in [2.05, 4.69) is 4.98 Å². The van der Waals surface area contributed by atoms with Crippen LogP contribution in [-0.2, 0) is 6.61 Å². The lowest BCUT2D eigenvalue weighted by Crippen LogP contribution is -2.07. The molecule has 62 valence electrons. The molecule has 2 heterocycles. The fourth-order valence-corrected chi connectivity index (χ4v) is 0.856. The zero-order valence-corrected chi connectivity index (χ0v) is 6.38. The number of hydrogen-bond acceptors (Lipinski definition) is 3. The van der Waals surface area contributed by atoms with E-state index in [4.69, 9.17) is 9.25 Å². The van der Waals surface area contributed by atoms with Crippen molar-refractivity contribution in [1.29, 1.82) is 0 Å². The van der Waals surface area contributed by atoms with Crippen LogP contribution in [0.5, 0.6) is 0 Å². The molecule has 0 amide bonds. The molecule has 2 rings (SSSR count). The average Bonchev–Trinajstić information content (AvgIpc) is 2.74. The first-order valence-corrected chi connectivity index (χ1v) is 3.59. The minimum atomic E-state index is 0.420. The van der Waals surface area contributed by atoms with Crippen molar-refractivity contribution < 1.29 is 9.25 Å². The molecule has 4 heteroatoms. The number of rotatable bonds is 3. The molecule has 12 heavy (non-hydrogen) atoms.